The molecule has 1 fully saturated rings. The highest BCUT2D eigenvalue weighted by molar-refractivity contribution is 9.10. The van der Waals surface area contributed by atoms with Gasteiger partial charge in [-0.2, -0.15) is 0 Å². The fourth-order valence-electron chi connectivity index (χ4n) is 1.65. The lowest BCUT2D eigenvalue weighted by molar-refractivity contribution is -0.130. The van der Waals surface area contributed by atoms with Crippen molar-refractivity contribution < 1.29 is 23.5 Å². The second kappa shape index (κ2) is 6.00. The molecule has 1 saturated heterocycles. The molecular weight excluding hydrogens is 335 g/mol. The first-order valence-electron chi connectivity index (χ1n) is 5.69. The summed E-state index contributed by atoms with van der Waals surface area (Å²) in [7, 11) is 0. The molecule has 8 heteroatoms. The third kappa shape index (κ3) is 3.13. The number of esters is 1. The number of hydrogen-bond acceptors (Lipinski definition) is 4. The van der Waals surface area contributed by atoms with Gasteiger partial charge in [-0.15, -0.1) is 0 Å². The first-order valence-corrected chi connectivity index (χ1v) is 6.48. The molecule has 6 nitrogen and oxygen atoms in total. The van der Waals surface area contributed by atoms with E-state index in [4.69, 9.17) is 4.74 Å². The van der Waals surface area contributed by atoms with Crippen LogP contribution >= 0.6 is 15.9 Å². The van der Waals surface area contributed by atoms with Crippen LogP contribution in [0, 0.1) is 5.82 Å². The van der Waals surface area contributed by atoms with Gasteiger partial charge in [0.05, 0.1) is 5.56 Å². The number of urea groups is 1. The zero-order chi connectivity index (χ0) is 14.7. The third-order valence-electron chi connectivity index (χ3n) is 2.64. The molecule has 0 spiro atoms. The predicted molar refractivity (Wildman–Crippen MR) is 69.5 cm³/mol. The molecule has 0 radical (unpaired) electrons. The van der Waals surface area contributed by atoms with E-state index in [0.29, 0.717) is 11.0 Å². The predicted octanol–water partition coefficient (Wildman–Crippen LogP) is 1.30. The molecule has 0 bridgehead atoms. The lowest BCUT2D eigenvalue weighted by Gasteiger charge is -2.12. The highest BCUT2D eigenvalue weighted by Gasteiger charge is 2.27. The number of halogens is 2. The maximum Gasteiger partial charge on any atom is 0.341 e. The normalized spacial score (nSPS) is 14.1. The van der Waals surface area contributed by atoms with Gasteiger partial charge in [0.1, 0.15) is 5.82 Å². The van der Waals surface area contributed by atoms with Gasteiger partial charge in [-0.1, -0.05) is 15.9 Å². The van der Waals surface area contributed by atoms with E-state index >= 15 is 0 Å². The van der Waals surface area contributed by atoms with Gasteiger partial charge in [0.25, 0.3) is 5.91 Å². The number of carbonyl (C=O) groups is 3. The smallest absolute Gasteiger partial charge is 0.341 e. The van der Waals surface area contributed by atoms with E-state index in [1.54, 1.807) is 0 Å². The summed E-state index contributed by atoms with van der Waals surface area (Å²) in [5, 5.41) is 2.45. The summed E-state index contributed by atoms with van der Waals surface area (Å²) >= 11 is 3.06. The molecule has 3 amide bonds. The lowest BCUT2D eigenvalue weighted by Crippen LogP contribution is -2.37. The largest absolute Gasteiger partial charge is 0.452 e. The van der Waals surface area contributed by atoms with Crippen molar-refractivity contribution in [1.29, 1.82) is 0 Å². The first kappa shape index (κ1) is 14.4. The van der Waals surface area contributed by atoms with Crippen LogP contribution in [0.5, 0.6) is 0 Å². The highest BCUT2D eigenvalue weighted by Crippen LogP contribution is 2.16. The van der Waals surface area contributed by atoms with E-state index in [-0.39, 0.29) is 12.1 Å². The zero-order valence-corrected chi connectivity index (χ0v) is 11.8. The van der Waals surface area contributed by atoms with Crippen LogP contribution in [0.2, 0.25) is 0 Å². The van der Waals surface area contributed by atoms with Crippen LogP contribution in [-0.4, -0.2) is 42.5 Å². The maximum atomic E-state index is 13.5. The molecule has 20 heavy (non-hydrogen) atoms. The standard InChI is InChI=1S/C12H10BrFN2O4/c13-7-1-2-8(9(14)5-7)11(18)20-6-10(17)16-4-3-15-12(16)19/h1-2,5H,3-4,6H2,(H,15,19). The Labute approximate surface area is 122 Å². The minimum Gasteiger partial charge on any atom is -0.452 e. The SMILES string of the molecule is O=C(OCC(=O)N1CCNC1=O)c1ccc(Br)cc1F. The number of nitrogens with zero attached hydrogens (tertiary/aromatic N) is 1. The van der Waals surface area contributed by atoms with Crippen molar-refractivity contribution >= 4 is 33.8 Å². The van der Waals surface area contributed by atoms with Gasteiger partial charge in [0, 0.05) is 17.6 Å². The number of carbonyl (C=O) groups excluding carboxylic acids is 3. The Hall–Kier alpha value is -1.96. The summed E-state index contributed by atoms with van der Waals surface area (Å²) in [4.78, 5) is 35.4. The van der Waals surface area contributed by atoms with Gasteiger partial charge in [-0.3, -0.25) is 9.69 Å². The Morgan fingerprint density at radius 1 is 1.45 bits per heavy atom. The average Bonchev–Trinajstić information content (AvgIpc) is 2.82. The van der Waals surface area contributed by atoms with E-state index < -0.39 is 30.3 Å². The van der Waals surface area contributed by atoms with Crippen molar-refractivity contribution in [3.63, 3.8) is 0 Å². The van der Waals surface area contributed by atoms with Crippen molar-refractivity contribution in [3.8, 4) is 0 Å². The Morgan fingerprint density at radius 2 is 2.20 bits per heavy atom. The number of benzene rings is 1. The molecule has 0 atom stereocenters. The van der Waals surface area contributed by atoms with E-state index in [9.17, 15) is 18.8 Å². The lowest BCUT2D eigenvalue weighted by atomic mass is 10.2. The Bertz CT molecular complexity index is 579. The summed E-state index contributed by atoms with van der Waals surface area (Å²) in [5.74, 6) is -2.36. The molecule has 106 valence electrons. The number of nitrogens with one attached hydrogen (secondary N) is 1. The molecule has 0 saturated carbocycles. The quantitative estimate of drug-likeness (QED) is 0.838. The third-order valence-corrected chi connectivity index (χ3v) is 3.13. The van der Waals surface area contributed by atoms with E-state index in [1.165, 1.54) is 12.1 Å². The topological polar surface area (TPSA) is 75.7 Å². The Balaban J connectivity index is 1.95. The number of hydrogen-bond donors (Lipinski definition) is 1. The molecule has 0 aliphatic carbocycles. The van der Waals surface area contributed by atoms with Gasteiger partial charge < -0.3 is 10.1 Å². The molecule has 1 aliphatic heterocycles. The first-order chi connectivity index (χ1) is 9.49. The molecule has 0 aromatic heterocycles. The minimum atomic E-state index is -0.956. The van der Waals surface area contributed by atoms with Gasteiger partial charge in [0.15, 0.2) is 6.61 Å². The van der Waals surface area contributed by atoms with E-state index in [0.717, 1.165) is 11.0 Å². The van der Waals surface area contributed by atoms with Crippen molar-refractivity contribution in [2.75, 3.05) is 19.7 Å². The second-order valence-corrected chi connectivity index (χ2v) is 4.89. The van der Waals surface area contributed by atoms with Gasteiger partial charge >= 0.3 is 12.0 Å². The van der Waals surface area contributed by atoms with Crippen LogP contribution in [0.25, 0.3) is 0 Å². The molecule has 1 aromatic rings. The number of rotatable bonds is 3. The average molecular weight is 345 g/mol. The van der Waals surface area contributed by atoms with Crippen LogP contribution in [0.3, 0.4) is 0 Å². The number of amides is 3. The van der Waals surface area contributed by atoms with Gasteiger partial charge in [-0.05, 0) is 18.2 Å². The fraction of sp³-hybridized carbons (Fsp3) is 0.250. The fourth-order valence-corrected chi connectivity index (χ4v) is 1.98. The van der Waals surface area contributed by atoms with Crippen LogP contribution in [0.1, 0.15) is 10.4 Å². The summed E-state index contributed by atoms with van der Waals surface area (Å²) in [6.45, 7) is -0.0243. The molecule has 0 unspecified atom stereocenters. The molecule has 1 aliphatic rings. The highest BCUT2D eigenvalue weighted by atomic mass is 79.9. The van der Waals surface area contributed by atoms with Crippen LogP contribution in [0.4, 0.5) is 9.18 Å². The van der Waals surface area contributed by atoms with E-state index in [1.807, 2.05) is 0 Å². The monoisotopic (exact) mass is 344 g/mol. The maximum absolute atomic E-state index is 13.5. The molecule has 1 heterocycles. The summed E-state index contributed by atoms with van der Waals surface area (Å²) < 4.78 is 18.7. The van der Waals surface area contributed by atoms with Crippen molar-refractivity contribution in [2.24, 2.45) is 0 Å². The number of ether oxygens (including phenoxy) is 1. The number of imide groups is 1. The Morgan fingerprint density at radius 3 is 2.80 bits per heavy atom. The molecule has 2 rings (SSSR count). The van der Waals surface area contributed by atoms with Crippen molar-refractivity contribution in [2.45, 2.75) is 0 Å². The summed E-state index contributed by atoms with van der Waals surface area (Å²) in [5.41, 5.74) is -0.271. The summed E-state index contributed by atoms with van der Waals surface area (Å²) in [6.07, 6.45) is 0. The van der Waals surface area contributed by atoms with Crippen molar-refractivity contribution in [3.05, 3.63) is 34.1 Å². The zero-order valence-electron chi connectivity index (χ0n) is 10.2. The second-order valence-electron chi connectivity index (χ2n) is 3.98. The van der Waals surface area contributed by atoms with Crippen LogP contribution in [-0.2, 0) is 9.53 Å². The molecule has 1 aromatic carbocycles. The van der Waals surface area contributed by atoms with Crippen LogP contribution in [0.15, 0.2) is 22.7 Å². The molecule has 1 N–H and O–H groups in total. The van der Waals surface area contributed by atoms with Gasteiger partial charge in [0.2, 0.25) is 0 Å². The summed E-state index contributed by atoms with van der Waals surface area (Å²) in [6, 6.07) is 3.32. The Kier molecular flexibility index (Phi) is 4.33. The van der Waals surface area contributed by atoms with Crippen molar-refractivity contribution in [1.82, 2.24) is 10.2 Å². The minimum absolute atomic E-state index is 0.224. The van der Waals surface area contributed by atoms with E-state index in [2.05, 4.69) is 21.2 Å². The van der Waals surface area contributed by atoms with Gasteiger partial charge in [-0.25, -0.2) is 14.0 Å². The molecular formula is C12H10BrFN2O4. The van der Waals surface area contributed by atoms with Crippen LogP contribution < -0.4 is 5.32 Å².